The third-order valence-corrected chi connectivity index (χ3v) is 3.12. The topological polar surface area (TPSA) is 0 Å². The lowest BCUT2D eigenvalue weighted by Crippen LogP contribution is -2.05. The summed E-state index contributed by atoms with van der Waals surface area (Å²) in [4.78, 5) is 0. The van der Waals surface area contributed by atoms with E-state index < -0.39 is 11.7 Å². The van der Waals surface area contributed by atoms with Gasteiger partial charge in [-0.05, 0) is 45.5 Å². The molecule has 0 atom stereocenters. The van der Waals surface area contributed by atoms with Gasteiger partial charge in [-0.1, -0.05) is 24.3 Å². The average molecular weight is 322 g/mol. The summed E-state index contributed by atoms with van der Waals surface area (Å²) < 4.78 is 38.8. The number of alkyl halides is 3. The second kappa shape index (κ2) is 3.66. The van der Waals surface area contributed by atoms with Crippen molar-refractivity contribution in [2.75, 3.05) is 0 Å². The van der Waals surface area contributed by atoms with Gasteiger partial charge in [0.05, 0.1) is 5.56 Å². The van der Waals surface area contributed by atoms with Crippen molar-refractivity contribution in [1.82, 2.24) is 0 Å². The van der Waals surface area contributed by atoms with Crippen LogP contribution in [0, 0.1) is 3.57 Å². The molecule has 0 aliphatic rings. The van der Waals surface area contributed by atoms with Crippen molar-refractivity contribution in [1.29, 1.82) is 0 Å². The first-order valence-corrected chi connectivity index (χ1v) is 5.32. The van der Waals surface area contributed by atoms with E-state index in [1.165, 1.54) is 12.1 Å². The molecule has 0 nitrogen and oxygen atoms in total. The first-order chi connectivity index (χ1) is 7.00. The lowest BCUT2D eigenvalue weighted by molar-refractivity contribution is -0.136. The molecule has 0 saturated heterocycles. The maximum atomic E-state index is 12.6. The predicted molar refractivity (Wildman–Crippen MR) is 61.7 cm³/mol. The van der Waals surface area contributed by atoms with Crippen LogP contribution < -0.4 is 0 Å². The van der Waals surface area contributed by atoms with Crippen LogP contribution in [0.5, 0.6) is 0 Å². The van der Waals surface area contributed by atoms with Crippen LogP contribution >= 0.6 is 22.6 Å². The predicted octanol–water partition coefficient (Wildman–Crippen LogP) is 4.46. The smallest absolute Gasteiger partial charge is 0.166 e. The van der Waals surface area contributed by atoms with Crippen LogP contribution in [0.25, 0.3) is 10.8 Å². The number of rotatable bonds is 0. The molecule has 15 heavy (non-hydrogen) atoms. The van der Waals surface area contributed by atoms with E-state index in [1.807, 2.05) is 22.6 Å². The molecule has 0 spiro atoms. The van der Waals surface area contributed by atoms with E-state index in [9.17, 15) is 13.2 Å². The van der Waals surface area contributed by atoms with Crippen LogP contribution in [-0.4, -0.2) is 0 Å². The molecule has 0 unspecified atom stereocenters. The minimum absolute atomic E-state index is 0.261. The fourth-order valence-corrected chi connectivity index (χ4v) is 2.16. The summed E-state index contributed by atoms with van der Waals surface area (Å²) in [5.41, 5.74) is -0.571. The quantitative estimate of drug-likeness (QED) is 0.628. The lowest BCUT2D eigenvalue weighted by Gasteiger charge is -2.11. The molecule has 0 aromatic heterocycles. The summed E-state index contributed by atoms with van der Waals surface area (Å²) in [5, 5.41) is 0.907. The summed E-state index contributed by atoms with van der Waals surface area (Å²) in [6.45, 7) is 0. The summed E-state index contributed by atoms with van der Waals surface area (Å²) in [6.07, 6.45) is -4.29. The standard InChI is InChI=1S/C11H6F3I/c12-11(13,14)9-5-6-10(15)8-4-2-1-3-7(8)9/h1-6H. The van der Waals surface area contributed by atoms with Gasteiger partial charge in [-0.2, -0.15) is 13.2 Å². The zero-order chi connectivity index (χ0) is 11.1. The SMILES string of the molecule is FC(F)(F)c1ccc(I)c2ccccc12. The Balaban J connectivity index is 2.84. The lowest BCUT2D eigenvalue weighted by atomic mass is 10.0. The Morgan fingerprint density at radius 2 is 1.47 bits per heavy atom. The Kier molecular flexibility index (Phi) is 2.62. The monoisotopic (exact) mass is 322 g/mol. The van der Waals surface area contributed by atoms with Gasteiger partial charge in [0, 0.05) is 3.57 Å². The zero-order valence-corrected chi connectivity index (χ0v) is 9.63. The Morgan fingerprint density at radius 1 is 0.867 bits per heavy atom. The number of halogens is 4. The molecule has 4 heteroatoms. The Morgan fingerprint density at radius 3 is 2.07 bits per heavy atom. The third-order valence-electron chi connectivity index (χ3n) is 2.18. The van der Waals surface area contributed by atoms with Gasteiger partial charge < -0.3 is 0 Å². The van der Waals surface area contributed by atoms with Crippen LogP contribution in [-0.2, 0) is 6.18 Å². The molecule has 0 amide bonds. The van der Waals surface area contributed by atoms with E-state index in [-0.39, 0.29) is 5.39 Å². The number of hydrogen-bond donors (Lipinski definition) is 0. The van der Waals surface area contributed by atoms with Crippen molar-refractivity contribution in [3.05, 3.63) is 45.5 Å². The molecular weight excluding hydrogens is 316 g/mol. The van der Waals surface area contributed by atoms with Crippen molar-refractivity contribution < 1.29 is 13.2 Å². The first-order valence-electron chi connectivity index (χ1n) is 4.24. The largest absolute Gasteiger partial charge is 0.417 e. The second-order valence-corrected chi connectivity index (χ2v) is 4.30. The first kappa shape index (κ1) is 10.7. The Bertz CT molecular complexity index is 503. The zero-order valence-electron chi connectivity index (χ0n) is 7.48. The maximum Gasteiger partial charge on any atom is 0.417 e. The van der Waals surface area contributed by atoms with Gasteiger partial charge in [0.2, 0.25) is 0 Å². The highest BCUT2D eigenvalue weighted by Gasteiger charge is 2.32. The van der Waals surface area contributed by atoms with Gasteiger partial charge >= 0.3 is 6.18 Å². The summed E-state index contributed by atoms with van der Waals surface area (Å²) in [7, 11) is 0. The molecule has 0 saturated carbocycles. The van der Waals surface area contributed by atoms with Gasteiger partial charge in [0.25, 0.3) is 0 Å². The second-order valence-electron chi connectivity index (χ2n) is 3.14. The Hall–Kier alpha value is -0.780. The summed E-state index contributed by atoms with van der Waals surface area (Å²) in [6, 6.07) is 9.18. The molecule has 78 valence electrons. The molecule has 2 rings (SSSR count). The molecule has 0 radical (unpaired) electrons. The minimum atomic E-state index is -4.29. The van der Waals surface area contributed by atoms with Gasteiger partial charge in [0.1, 0.15) is 0 Å². The van der Waals surface area contributed by atoms with Crippen LogP contribution in [0.15, 0.2) is 36.4 Å². The van der Waals surface area contributed by atoms with Crippen molar-refractivity contribution in [3.63, 3.8) is 0 Å². The molecule has 0 aliphatic heterocycles. The van der Waals surface area contributed by atoms with Crippen molar-refractivity contribution in [2.45, 2.75) is 6.18 Å². The van der Waals surface area contributed by atoms with Gasteiger partial charge in [-0.3, -0.25) is 0 Å². The molecule has 0 heterocycles. The summed E-state index contributed by atoms with van der Waals surface area (Å²) >= 11 is 2.04. The van der Waals surface area contributed by atoms with E-state index in [0.29, 0.717) is 5.39 Å². The van der Waals surface area contributed by atoms with Gasteiger partial charge in [-0.15, -0.1) is 0 Å². The van der Waals surface area contributed by atoms with Crippen LogP contribution in [0.2, 0.25) is 0 Å². The van der Waals surface area contributed by atoms with Crippen LogP contribution in [0.1, 0.15) is 5.56 Å². The van der Waals surface area contributed by atoms with E-state index >= 15 is 0 Å². The van der Waals surface area contributed by atoms with E-state index in [2.05, 4.69) is 0 Å². The molecule has 0 N–H and O–H groups in total. The van der Waals surface area contributed by atoms with Crippen LogP contribution in [0.3, 0.4) is 0 Å². The van der Waals surface area contributed by atoms with Crippen molar-refractivity contribution in [2.24, 2.45) is 0 Å². The number of benzene rings is 2. The van der Waals surface area contributed by atoms with E-state index in [4.69, 9.17) is 0 Å². The summed E-state index contributed by atoms with van der Waals surface area (Å²) in [5.74, 6) is 0. The van der Waals surface area contributed by atoms with Crippen LogP contribution in [0.4, 0.5) is 13.2 Å². The highest BCUT2D eigenvalue weighted by molar-refractivity contribution is 14.1. The fourth-order valence-electron chi connectivity index (χ4n) is 1.51. The van der Waals surface area contributed by atoms with Gasteiger partial charge in [-0.25, -0.2) is 0 Å². The van der Waals surface area contributed by atoms with E-state index in [0.717, 1.165) is 9.64 Å². The maximum absolute atomic E-state index is 12.6. The molecule has 0 aliphatic carbocycles. The normalized spacial score (nSPS) is 12.0. The van der Waals surface area contributed by atoms with Gasteiger partial charge in [0.15, 0.2) is 0 Å². The van der Waals surface area contributed by atoms with Crippen molar-refractivity contribution >= 4 is 33.4 Å². The fraction of sp³-hybridized carbons (Fsp3) is 0.0909. The molecule has 2 aromatic rings. The highest BCUT2D eigenvalue weighted by Crippen LogP contribution is 2.36. The molecule has 2 aromatic carbocycles. The number of fused-ring (bicyclic) bond motifs is 1. The van der Waals surface area contributed by atoms with Crippen molar-refractivity contribution in [3.8, 4) is 0 Å². The van der Waals surface area contributed by atoms with E-state index in [1.54, 1.807) is 18.2 Å². The molecule has 0 bridgehead atoms. The third kappa shape index (κ3) is 1.95. The molecular formula is C11H6F3I. The Labute approximate surface area is 98.2 Å². The number of hydrogen-bond acceptors (Lipinski definition) is 0. The average Bonchev–Trinajstić information content (AvgIpc) is 2.17. The highest BCUT2D eigenvalue weighted by atomic mass is 127. The minimum Gasteiger partial charge on any atom is -0.166 e. The molecule has 0 fully saturated rings.